The number of hydrogen-bond donors (Lipinski definition) is 2. The van der Waals surface area contributed by atoms with E-state index in [2.05, 4.69) is 34.9 Å². The van der Waals surface area contributed by atoms with Gasteiger partial charge in [0.25, 0.3) is 0 Å². The summed E-state index contributed by atoms with van der Waals surface area (Å²) in [5.41, 5.74) is 4.55. The molecule has 5 heteroatoms. The van der Waals surface area contributed by atoms with Crippen molar-refractivity contribution in [3.05, 3.63) is 77.4 Å². The molecule has 28 heavy (non-hydrogen) atoms. The van der Waals surface area contributed by atoms with Crippen LogP contribution < -0.4 is 15.4 Å². The van der Waals surface area contributed by atoms with Gasteiger partial charge in [-0.1, -0.05) is 36.4 Å². The van der Waals surface area contributed by atoms with Crippen molar-refractivity contribution in [3.8, 4) is 5.75 Å². The van der Waals surface area contributed by atoms with Crippen molar-refractivity contribution in [3.63, 3.8) is 0 Å². The second-order valence-electron chi connectivity index (χ2n) is 6.66. The van der Waals surface area contributed by atoms with E-state index in [0.29, 0.717) is 0 Å². The lowest BCUT2D eigenvalue weighted by Gasteiger charge is -2.12. The van der Waals surface area contributed by atoms with Crippen molar-refractivity contribution >= 4 is 45.8 Å². The summed E-state index contributed by atoms with van der Waals surface area (Å²) < 4.78 is 5.12. The number of methoxy groups -OCH3 is 1. The normalized spacial score (nSPS) is 12.3. The number of carbonyl (C=O) groups excluding carboxylic acids is 1. The number of anilines is 1. The Balaban J connectivity index is 1.42. The van der Waals surface area contributed by atoms with E-state index in [-0.39, 0.29) is 11.0 Å². The lowest BCUT2D eigenvalue weighted by molar-refractivity contribution is -0.115. The molecule has 140 valence electrons. The molecule has 0 bridgehead atoms. The first-order valence-corrected chi connectivity index (χ1v) is 9.52. The Labute approximate surface area is 169 Å². The van der Waals surface area contributed by atoms with Crippen molar-refractivity contribution < 1.29 is 9.53 Å². The summed E-state index contributed by atoms with van der Waals surface area (Å²) in [7, 11) is 1.62. The quantitative estimate of drug-likeness (QED) is 0.511. The smallest absolute Gasteiger partial charge is 0.250 e. The molecule has 3 aromatic rings. The Morgan fingerprint density at radius 3 is 2.54 bits per heavy atom. The van der Waals surface area contributed by atoms with E-state index in [4.69, 9.17) is 17.0 Å². The highest BCUT2D eigenvalue weighted by atomic mass is 32.1. The van der Waals surface area contributed by atoms with Gasteiger partial charge < -0.3 is 10.1 Å². The third kappa shape index (κ3) is 3.75. The zero-order chi connectivity index (χ0) is 19.5. The van der Waals surface area contributed by atoms with Crippen molar-refractivity contribution in [1.82, 2.24) is 5.32 Å². The van der Waals surface area contributed by atoms with E-state index in [1.54, 1.807) is 13.2 Å². The molecule has 0 aliphatic heterocycles. The SMILES string of the molecule is COc1ccc(C=CC(=O)NC(=S)Nc2ccc3c4c(cccc24)CC3)cc1. The summed E-state index contributed by atoms with van der Waals surface area (Å²) in [5.74, 6) is 0.497. The van der Waals surface area contributed by atoms with E-state index in [0.717, 1.165) is 35.2 Å². The zero-order valence-electron chi connectivity index (χ0n) is 15.5. The second kappa shape index (κ2) is 7.82. The van der Waals surface area contributed by atoms with E-state index in [1.807, 2.05) is 30.3 Å². The Hall–Kier alpha value is -3.18. The van der Waals surface area contributed by atoms with Gasteiger partial charge in [0.05, 0.1) is 7.11 Å². The third-order valence-corrected chi connectivity index (χ3v) is 5.11. The molecule has 0 fully saturated rings. The molecule has 0 atom stereocenters. The van der Waals surface area contributed by atoms with Gasteiger partial charge >= 0.3 is 0 Å². The molecule has 0 radical (unpaired) electrons. The third-order valence-electron chi connectivity index (χ3n) is 4.90. The van der Waals surface area contributed by atoms with Crippen LogP contribution in [0.1, 0.15) is 16.7 Å². The van der Waals surface area contributed by atoms with Crippen LogP contribution in [-0.2, 0) is 17.6 Å². The fourth-order valence-electron chi connectivity index (χ4n) is 3.55. The molecular weight excluding hydrogens is 368 g/mol. The van der Waals surface area contributed by atoms with Gasteiger partial charge in [0, 0.05) is 17.1 Å². The molecule has 0 heterocycles. The monoisotopic (exact) mass is 388 g/mol. The van der Waals surface area contributed by atoms with Gasteiger partial charge in [0.2, 0.25) is 5.91 Å². The van der Waals surface area contributed by atoms with E-state index < -0.39 is 0 Å². The molecule has 4 rings (SSSR count). The van der Waals surface area contributed by atoms with Gasteiger partial charge in [-0.3, -0.25) is 10.1 Å². The Bertz CT molecular complexity index is 1080. The van der Waals surface area contributed by atoms with Crippen molar-refractivity contribution in [2.75, 3.05) is 12.4 Å². The first kappa shape index (κ1) is 18.2. The first-order chi connectivity index (χ1) is 13.6. The number of carbonyl (C=O) groups is 1. The van der Waals surface area contributed by atoms with Gasteiger partial charge in [-0.05, 0) is 71.4 Å². The van der Waals surface area contributed by atoms with Gasteiger partial charge in [0.1, 0.15) is 5.75 Å². The lowest BCUT2D eigenvalue weighted by atomic mass is 10.0. The van der Waals surface area contributed by atoms with Gasteiger partial charge in [0.15, 0.2) is 5.11 Å². The van der Waals surface area contributed by atoms with Crippen LogP contribution in [0.4, 0.5) is 5.69 Å². The number of rotatable bonds is 4. The van der Waals surface area contributed by atoms with Crippen molar-refractivity contribution in [2.45, 2.75) is 12.8 Å². The van der Waals surface area contributed by atoms with Gasteiger partial charge in [-0.2, -0.15) is 0 Å². The van der Waals surface area contributed by atoms with Crippen LogP contribution >= 0.6 is 12.2 Å². The molecule has 0 aromatic heterocycles. The molecule has 1 aliphatic carbocycles. The van der Waals surface area contributed by atoms with Crippen LogP contribution in [0.25, 0.3) is 16.8 Å². The van der Waals surface area contributed by atoms with Crippen molar-refractivity contribution in [2.24, 2.45) is 0 Å². The molecule has 0 unspecified atom stereocenters. The first-order valence-electron chi connectivity index (χ1n) is 9.11. The highest BCUT2D eigenvalue weighted by molar-refractivity contribution is 7.80. The fourth-order valence-corrected chi connectivity index (χ4v) is 3.76. The maximum absolute atomic E-state index is 12.2. The molecular formula is C23H20N2O2S. The van der Waals surface area contributed by atoms with Crippen LogP contribution in [0.15, 0.2) is 60.7 Å². The summed E-state index contributed by atoms with van der Waals surface area (Å²) in [6, 6.07) is 17.9. The molecule has 2 N–H and O–H groups in total. The average molecular weight is 388 g/mol. The van der Waals surface area contributed by atoms with Crippen LogP contribution in [0.5, 0.6) is 5.75 Å². The van der Waals surface area contributed by atoms with E-state index in [1.165, 1.54) is 22.6 Å². The molecule has 4 nitrogen and oxygen atoms in total. The maximum atomic E-state index is 12.2. The van der Waals surface area contributed by atoms with Crippen LogP contribution in [0.2, 0.25) is 0 Å². The molecule has 3 aromatic carbocycles. The Kier molecular flexibility index (Phi) is 5.08. The topological polar surface area (TPSA) is 50.4 Å². The summed E-state index contributed by atoms with van der Waals surface area (Å²) in [5, 5.41) is 8.59. The van der Waals surface area contributed by atoms with E-state index in [9.17, 15) is 4.79 Å². The highest BCUT2D eigenvalue weighted by Crippen LogP contribution is 2.34. The maximum Gasteiger partial charge on any atom is 0.250 e. The fraction of sp³-hybridized carbons (Fsp3) is 0.130. The van der Waals surface area contributed by atoms with Crippen LogP contribution in [-0.4, -0.2) is 18.1 Å². The number of aryl methyl sites for hydroxylation is 2. The van der Waals surface area contributed by atoms with Crippen LogP contribution in [0.3, 0.4) is 0 Å². The standard InChI is InChI=1S/C23H20N2O2S/c1-27-18-11-5-15(6-12-18)7-14-21(26)25-23(28)24-20-13-10-17-9-8-16-3-2-4-19(20)22(16)17/h2-7,10-14H,8-9H2,1H3,(H2,24,25,26,28). The highest BCUT2D eigenvalue weighted by Gasteiger charge is 2.16. The minimum atomic E-state index is -0.278. The minimum absolute atomic E-state index is 0.278. The molecule has 0 saturated carbocycles. The number of thiocarbonyl (C=S) groups is 1. The van der Waals surface area contributed by atoms with Gasteiger partial charge in [-0.25, -0.2) is 0 Å². The second-order valence-corrected chi connectivity index (χ2v) is 7.07. The number of hydrogen-bond acceptors (Lipinski definition) is 3. The molecule has 1 aliphatic rings. The largest absolute Gasteiger partial charge is 0.497 e. The molecule has 1 amide bonds. The lowest BCUT2D eigenvalue weighted by Crippen LogP contribution is -2.32. The number of amides is 1. The summed E-state index contributed by atoms with van der Waals surface area (Å²) in [6.45, 7) is 0. The minimum Gasteiger partial charge on any atom is -0.497 e. The summed E-state index contributed by atoms with van der Waals surface area (Å²) in [4.78, 5) is 12.2. The Morgan fingerprint density at radius 2 is 1.79 bits per heavy atom. The van der Waals surface area contributed by atoms with Gasteiger partial charge in [-0.15, -0.1) is 0 Å². The Morgan fingerprint density at radius 1 is 1.04 bits per heavy atom. The van der Waals surface area contributed by atoms with Crippen LogP contribution in [0, 0.1) is 0 Å². The summed E-state index contributed by atoms with van der Waals surface area (Å²) >= 11 is 5.33. The zero-order valence-corrected chi connectivity index (χ0v) is 16.3. The number of benzene rings is 3. The molecule has 0 spiro atoms. The van der Waals surface area contributed by atoms with Crippen molar-refractivity contribution in [1.29, 1.82) is 0 Å². The predicted octanol–water partition coefficient (Wildman–Crippen LogP) is 4.47. The molecule has 0 saturated heterocycles. The van der Waals surface area contributed by atoms with E-state index >= 15 is 0 Å². The number of nitrogens with one attached hydrogen (secondary N) is 2. The predicted molar refractivity (Wildman–Crippen MR) is 118 cm³/mol. The summed E-state index contributed by atoms with van der Waals surface area (Å²) in [6.07, 6.45) is 5.35. The average Bonchev–Trinajstić information content (AvgIpc) is 3.13. The number of ether oxygens (including phenoxy) is 1.